The highest BCUT2D eigenvalue weighted by Crippen LogP contribution is 2.46. The molecule has 0 aliphatic heterocycles. The van der Waals surface area contributed by atoms with Gasteiger partial charge < -0.3 is 41.6 Å². The van der Waals surface area contributed by atoms with Gasteiger partial charge in [-0.15, -0.1) is 0 Å². The lowest BCUT2D eigenvalue weighted by atomic mass is 9.90. The number of fused-ring (bicyclic) bond motifs is 2. The molecule has 3 rings (SSSR count). The van der Waals surface area contributed by atoms with Crippen LogP contribution in [-0.4, -0.2) is 83.2 Å². The summed E-state index contributed by atoms with van der Waals surface area (Å²) in [4.78, 5) is 35.9. The van der Waals surface area contributed by atoms with Crippen LogP contribution >= 0.6 is 0 Å². The van der Waals surface area contributed by atoms with Gasteiger partial charge in [0.05, 0.1) is 26.4 Å². The number of carbonyl (C=O) groups is 3. The first-order valence-electron chi connectivity index (χ1n) is 20.1. The first-order valence-corrected chi connectivity index (χ1v) is 20.1. The summed E-state index contributed by atoms with van der Waals surface area (Å²) in [6.45, 7) is 25.6. The van der Waals surface area contributed by atoms with Crippen LogP contribution in [0.15, 0.2) is 42.0 Å². The zero-order valence-corrected chi connectivity index (χ0v) is 35.8. The van der Waals surface area contributed by atoms with Crippen LogP contribution in [0.3, 0.4) is 0 Å². The number of benzene rings is 1. The molecule has 0 saturated carbocycles. The highest BCUT2D eigenvalue weighted by Gasteiger charge is 2.33. The minimum atomic E-state index is -0.529. The summed E-state index contributed by atoms with van der Waals surface area (Å²) in [6, 6.07) is 8.43. The maximum atomic E-state index is 13.0. The van der Waals surface area contributed by atoms with E-state index in [1.807, 2.05) is 13.0 Å². The van der Waals surface area contributed by atoms with Crippen LogP contribution in [0.5, 0.6) is 0 Å². The van der Waals surface area contributed by atoms with Crippen molar-refractivity contribution in [2.45, 2.75) is 119 Å². The zero-order chi connectivity index (χ0) is 41.3. The highest BCUT2D eigenvalue weighted by molar-refractivity contribution is 5.81. The van der Waals surface area contributed by atoms with Crippen LogP contribution in [0.1, 0.15) is 125 Å². The second-order valence-corrected chi connectivity index (χ2v) is 18.9. The molecule has 55 heavy (non-hydrogen) atoms. The first-order chi connectivity index (χ1) is 25.7. The summed E-state index contributed by atoms with van der Waals surface area (Å²) in [5, 5.41) is 8.80. The summed E-state index contributed by atoms with van der Waals surface area (Å²) in [6.07, 6.45) is 9.26. The van der Waals surface area contributed by atoms with Crippen molar-refractivity contribution in [1.82, 2.24) is 16.0 Å². The van der Waals surface area contributed by atoms with Gasteiger partial charge in [0, 0.05) is 52.6 Å². The molecule has 1 aromatic rings. The van der Waals surface area contributed by atoms with Crippen molar-refractivity contribution in [2.24, 2.45) is 33.1 Å². The average molecular weight is 770 g/mol. The second-order valence-electron chi connectivity index (χ2n) is 18.9. The Balaban J connectivity index is 0.000000588. The second kappa shape index (κ2) is 21.9. The average Bonchev–Trinajstić information content (AvgIpc) is 3.45. The molecule has 2 atom stereocenters. The monoisotopic (exact) mass is 770 g/mol. The molecule has 0 saturated heterocycles. The SMILES string of the molecule is CC(C)(CN)COCC(C)(C)CNC=O.CCCC(C)(CCC(=O)NCC(C)(C)COCC(C)(C)CN)NC(=O)OCC1C2=C(CCC=C2)c2ccccc21. The fraction of sp³-hybridized carbons (Fsp3) is 0.705. The molecule has 0 spiro atoms. The van der Waals surface area contributed by atoms with Crippen LogP contribution in [0.2, 0.25) is 0 Å². The van der Waals surface area contributed by atoms with Crippen molar-refractivity contribution in [1.29, 1.82) is 0 Å². The third kappa shape index (κ3) is 17.2. The topological polar surface area (TPSA) is 167 Å². The van der Waals surface area contributed by atoms with Crippen molar-refractivity contribution in [3.8, 4) is 0 Å². The van der Waals surface area contributed by atoms with Crippen molar-refractivity contribution >= 4 is 24.0 Å². The third-order valence-corrected chi connectivity index (χ3v) is 10.2. The predicted octanol–water partition coefficient (Wildman–Crippen LogP) is 6.86. The van der Waals surface area contributed by atoms with E-state index in [-0.39, 0.29) is 33.5 Å². The number of nitrogens with two attached hydrogens (primary N) is 2. The Morgan fingerprint density at radius 2 is 1.42 bits per heavy atom. The normalized spacial score (nSPS) is 16.6. The molecule has 1 aromatic carbocycles. The molecule has 0 heterocycles. The predicted molar refractivity (Wildman–Crippen MR) is 223 cm³/mol. The number of allylic oxidation sites excluding steroid dienone is 3. The highest BCUT2D eigenvalue weighted by atomic mass is 16.5. The molecule has 2 aliphatic carbocycles. The van der Waals surface area contributed by atoms with Crippen molar-refractivity contribution in [2.75, 3.05) is 59.2 Å². The number of ether oxygens (including phenoxy) is 3. The van der Waals surface area contributed by atoms with Crippen LogP contribution in [0.4, 0.5) is 4.79 Å². The van der Waals surface area contributed by atoms with Crippen LogP contribution in [0, 0.1) is 21.7 Å². The largest absolute Gasteiger partial charge is 0.449 e. The van der Waals surface area contributed by atoms with E-state index >= 15 is 0 Å². The van der Waals surface area contributed by atoms with Crippen molar-refractivity contribution < 1.29 is 28.6 Å². The molecule has 11 nitrogen and oxygen atoms in total. The molecule has 11 heteroatoms. The Morgan fingerprint density at radius 1 is 0.836 bits per heavy atom. The minimum absolute atomic E-state index is 0.0220. The lowest BCUT2D eigenvalue weighted by Gasteiger charge is -2.31. The quantitative estimate of drug-likeness (QED) is 0.0754. The molecule has 7 N–H and O–H groups in total. The van der Waals surface area contributed by atoms with Crippen LogP contribution in [0.25, 0.3) is 5.57 Å². The Labute approximate surface area is 332 Å². The molecule has 2 unspecified atom stereocenters. The molecule has 0 aromatic heterocycles. The van der Waals surface area contributed by atoms with Crippen molar-refractivity contribution in [3.63, 3.8) is 0 Å². The number of carbonyl (C=O) groups excluding carboxylic acids is 3. The first kappa shape index (κ1) is 47.9. The van der Waals surface area contributed by atoms with Gasteiger partial charge >= 0.3 is 6.09 Å². The van der Waals surface area contributed by atoms with E-state index in [0.717, 1.165) is 25.7 Å². The summed E-state index contributed by atoms with van der Waals surface area (Å²) in [5.74, 6) is 0.0318. The molecular formula is C44H75N5O6. The fourth-order valence-corrected chi connectivity index (χ4v) is 6.53. The molecule has 0 bridgehead atoms. The summed E-state index contributed by atoms with van der Waals surface area (Å²) in [5.41, 5.74) is 15.7. The molecule has 2 aliphatic rings. The Hall–Kier alpha value is -3.25. The van der Waals surface area contributed by atoms with E-state index in [9.17, 15) is 14.4 Å². The van der Waals surface area contributed by atoms with E-state index < -0.39 is 11.6 Å². The van der Waals surface area contributed by atoms with E-state index in [1.54, 1.807) is 0 Å². The van der Waals surface area contributed by atoms with E-state index in [2.05, 4.69) is 109 Å². The van der Waals surface area contributed by atoms with Gasteiger partial charge in [0.15, 0.2) is 0 Å². The third-order valence-electron chi connectivity index (χ3n) is 10.2. The molecular weight excluding hydrogens is 695 g/mol. The standard InChI is InChI=1S/C33H51N3O4.C11H24N2O2/c1-7-17-33(6,18-16-29(37)35-21-32(4,5)23-39-22-31(2,3)20-34)36-30(38)40-19-28-26-14-10-8-12-24(26)25-13-9-11-15-27(25)28;1-10(2,5-12)7-15-8-11(3,4)6-13-9-14/h8,10-12,14-15,28H,7,9,13,16-23,34H2,1-6H3,(H,35,37)(H,36,38);9H,5-8,12H2,1-4H3,(H,13,14). The summed E-state index contributed by atoms with van der Waals surface area (Å²) >= 11 is 0. The van der Waals surface area contributed by atoms with Gasteiger partial charge in [-0.25, -0.2) is 4.79 Å². The minimum Gasteiger partial charge on any atom is -0.449 e. The lowest BCUT2D eigenvalue weighted by Crippen LogP contribution is -2.47. The lowest BCUT2D eigenvalue weighted by molar-refractivity contribution is -0.122. The maximum Gasteiger partial charge on any atom is 0.407 e. The van der Waals surface area contributed by atoms with Gasteiger partial charge in [-0.3, -0.25) is 9.59 Å². The maximum absolute atomic E-state index is 13.0. The van der Waals surface area contributed by atoms with Gasteiger partial charge in [0.2, 0.25) is 12.3 Å². The van der Waals surface area contributed by atoms with E-state index in [4.69, 9.17) is 25.7 Å². The smallest absolute Gasteiger partial charge is 0.407 e. The number of rotatable bonds is 23. The number of amides is 3. The Kier molecular flexibility index (Phi) is 19.1. The number of nitrogens with one attached hydrogen (secondary N) is 3. The van der Waals surface area contributed by atoms with Crippen molar-refractivity contribution in [3.05, 3.63) is 53.1 Å². The number of alkyl carbamates (subject to hydrolysis) is 1. The zero-order valence-electron chi connectivity index (χ0n) is 35.8. The van der Waals surface area contributed by atoms with Gasteiger partial charge in [-0.05, 0) is 68.0 Å². The van der Waals surface area contributed by atoms with Crippen LogP contribution < -0.4 is 27.4 Å². The van der Waals surface area contributed by atoms with E-state index in [1.165, 1.54) is 22.3 Å². The number of hydrogen-bond acceptors (Lipinski definition) is 8. The van der Waals surface area contributed by atoms with Crippen LogP contribution in [-0.2, 0) is 23.8 Å². The van der Waals surface area contributed by atoms with Gasteiger partial charge in [-0.2, -0.15) is 0 Å². The molecule has 312 valence electrons. The molecule has 0 radical (unpaired) electrons. The van der Waals surface area contributed by atoms with Gasteiger partial charge in [-0.1, -0.05) is 105 Å². The van der Waals surface area contributed by atoms with Gasteiger partial charge in [0.25, 0.3) is 0 Å². The molecule has 0 fully saturated rings. The van der Waals surface area contributed by atoms with Gasteiger partial charge in [0.1, 0.15) is 6.61 Å². The Bertz CT molecular complexity index is 1440. The number of hydrogen-bond donors (Lipinski definition) is 5. The fourth-order valence-electron chi connectivity index (χ4n) is 6.53. The Morgan fingerprint density at radius 3 is 2.00 bits per heavy atom. The summed E-state index contributed by atoms with van der Waals surface area (Å²) < 4.78 is 17.3. The van der Waals surface area contributed by atoms with E-state index in [0.29, 0.717) is 78.5 Å². The summed E-state index contributed by atoms with van der Waals surface area (Å²) in [7, 11) is 0. The molecule has 3 amide bonds.